The summed E-state index contributed by atoms with van der Waals surface area (Å²) in [6.45, 7) is 1.72. The number of carbonyl (C=O) groups excluding carboxylic acids is 2. The molecule has 9 nitrogen and oxygen atoms in total. The molecule has 0 unspecified atom stereocenters. The van der Waals surface area contributed by atoms with Crippen molar-refractivity contribution >= 4 is 41.5 Å². The molecule has 1 saturated heterocycles. The summed E-state index contributed by atoms with van der Waals surface area (Å²) in [5.74, 6) is -3.61. The molecule has 1 aromatic carbocycles. The summed E-state index contributed by atoms with van der Waals surface area (Å²) in [4.78, 5) is 29.5. The number of hydrogen-bond acceptors (Lipinski definition) is 5. The second-order valence-corrected chi connectivity index (χ2v) is 10.4. The molecule has 2 amide bonds. The summed E-state index contributed by atoms with van der Waals surface area (Å²) in [6, 6.07) is 2.97. The van der Waals surface area contributed by atoms with E-state index in [1.54, 1.807) is 0 Å². The molecule has 3 fully saturated rings. The molecule has 3 aromatic rings. The zero-order chi connectivity index (χ0) is 27.9. The standard InChI is InChI=1S/C24H21ClF5N7O2.ClH/c1-36-16(14-9-37(17-5-23(17,26)27)35-19(14)24(28,29)30)8-32-20(36)22(39)33-10-2-3-11(15(25)4-10)21(38)34-18-12-6-31-7-13(12)18;/h2-4,8-9,12-13,17-18,31H,5-7H2,1H3,(H,33,39)(H,34,38);1H/t12-,13+,17-,18-;/m0./s1. The Kier molecular flexibility index (Phi) is 6.86. The van der Waals surface area contributed by atoms with E-state index >= 15 is 0 Å². The average molecular weight is 606 g/mol. The van der Waals surface area contributed by atoms with Crippen molar-refractivity contribution in [2.45, 2.75) is 30.6 Å². The largest absolute Gasteiger partial charge is 0.435 e. The van der Waals surface area contributed by atoms with Gasteiger partial charge in [0.2, 0.25) is 0 Å². The van der Waals surface area contributed by atoms with Gasteiger partial charge < -0.3 is 20.5 Å². The van der Waals surface area contributed by atoms with Crippen LogP contribution in [0.3, 0.4) is 0 Å². The predicted molar refractivity (Wildman–Crippen MR) is 136 cm³/mol. The number of piperidine rings is 1. The minimum atomic E-state index is -4.92. The van der Waals surface area contributed by atoms with Crippen LogP contribution in [0, 0.1) is 11.8 Å². The lowest BCUT2D eigenvalue weighted by Crippen LogP contribution is -2.32. The lowest BCUT2D eigenvalue weighted by molar-refractivity contribution is -0.141. The Morgan fingerprint density at radius 2 is 1.85 bits per heavy atom. The number of nitrogens with zero attached hydrogens (tertiary/aromatic N) is 4. The first-order valence-electron chi connectivity index (χ1n) is 12.0. The highest BCUT2D eigenvalue weighted by Crippen LogP contribution is 2.53. The Morgan fingerprint density at radius 3 is 2.45 bits per heavy atom. The molecule has 2 saturated carbocycles. The monoisotopic (exact) mass is 605 g/mol. The summed E-state index contributed by atoms with van der Waals surface area (Å²) < 4.78 is 69.6. The van der Waals surface area contributed by atoms with Gasteiger partial charge in [-0.3, -0.25) is 14.3 Å². The molecular weight excluding hydrogens is 584 g/mol. The van der Waals surface area contributed by atoms with Crippen LogP contribution in [0.2, 0.25) is 5.02 Å². The molecule has 6 rings (SSSR count). The molecule has 2 aliphatic carbocycles. The smallest absolute Gasteiger partial charge is 0.349 e. The molecule has 3 aliphatic rings. The van der Waals surface area contributed by atoms with E-state index < -0.39 is 41.7 Å². The van der Waals surface area contributed by atoms with Crippen molar-refractivity contribution < 1.29 is 31.5 Å². The minimum absolute atomic E-state index is 0. The van der Waals surface area contributed by atoms with Crippen LogP contribution in [0.5, 0.6) is 0 Å². The number of alkyl halides is 5. The molecular formula is C24H22Cl2F5N7O2. The van der Waals surface area contributed by atoms with Crippen molar-refractivity contribution in [3.05, 3.63) is 52.7 Å². The maximum atomic E-state index is 13.7. The van der Waals surface area contributed by atoms with Crippen molar-refractivity contribution in [3.63, 3.8) is 0 Å². The minimum Gasteiger partial charge on any atom is -0.349 e. The number of benzene rings is 1. The number of halogens is 7. The van der Waals surface area contributed by atoms with E-state index in [1.807, 2.05) is 0 Å². The van der Waals surface area contributed by atoms with Crippen LogP contribution < -0.4 is 16.0 Å². The van der Waals surface area contributed by atoms with E-state index in [-0.39, 0.29) is 52.1 Å². The van der Waals surface area contributed by atoms with Crippen molar-refractivity contribution in [2.75, 3.05) is 18.4 Å². The first-order chi connectivity index (χ1) is 18.3. The van der Waals surface area contributed by atoms with Crippen LogP contribution in [0.25, 0.3) is 11.3 Å². The van der Waals surface area contributed by atoms with Crippen LogP contribution in [0.4, 0.5) is 27.6 Å². The van der Waals surface area contributed by atoms with E-state index in [2.05, 4.69) is 26.0 Å². The number of carbonyl (C=O) groups is 2. The van der Waals surface area contributed by atoms with Crippen LogP contribution >= 0.6 is 24.0 Å². The van der Waals surface area contributed by atoms with Gasteiger partial charge >= 0.3 is 6.18 Å². The topological polar surface area (TPSA) is 106 Å². The van der Waals surface area contributed by atoms with Crippen molar-refractivity contribution in [1.82, 2.24) is 30.0 Å². The van der Waals surface area contributed by atoms with Crippen LogP contribution in [-0.2, 0) is 13.2 Å². The molecule has 3 N–H and O–H groups in total. The van der Waals surface area contributed by atoms with E-state index in [9.17, 15) is 31.5 Å². The third-order valence-electron chi connectivity index (χ3n) is 7.44. The number of fused-ring (bicyclic) bond motifs is 1. The number of aromatic nitrogens is 4. The zero-order valence-electron chi connectivity index (χ0n) is 20.6. The number of imidazole rings is 1. The number of amides is 2. The van der Waals surface area contributed by atoms with Crippen LogP contribution in [0.15, 0.2) is 30.6 Å². The van der Waals surface area contributed by atoms with Crippen LogP contribution in [-0.4, -0.2) is 56.2 Å². The van der Waals surface area contributed by atoms with E-state index in [4.69, 9.17) is 11.6 Å². The normalized spacial score (nSPS) is 24.2. The highest BCUT2D eigenvalue weighted by Gasteiger charge is 2.59. The number of hydrogen-bond donors (Lipinski definition) is 3. The third kappa shape index (κ3) is 4.92. The predicted octanol–water partition coefficient (Wildman–Crippen LogP) is 4.16. The fourth-order valence-electron chi connectivity index (χ4n) is 5.13. The average Bonchev–Trinajstić information content (AvgIpc) is 3.38. The molecule has 3 heterocycles. The van der Waals surface area contributed by atoms with Gasteiger partial charge in [-0.2, -0.15) is 18.3 Å². The van der Waals surface area contributed by atoms with Gasteiger partial charge in [0.25, 0.3) is 17.7 Å². The fraction of sp³-hybridized carbons (Fsp3) is 0.417. The Morgan fingerprint density at radius 1 is 1.18 bits per heavy atom. The van der Waals surface area contributed by atoms with Gasteiger partial charge in [0.1, 0.15) is 6.04 Å². The van der Waals surface area contributed by atoms with Crippen molar-refractivity contribution in [2.24, 2.45) is 18.9 Å². The summed E-state index contributed by atoms with van der Waals surface area (Å²) in [6.07, 6.45) is -3.59. The summed E-state index contributed by atoms with van der Waals surface area (Å²) in [5.41, 5.74) is -1.49. The van der Waals surface area contributed by atoms with Crippen LogP contribution in [0.1, 0.15) is 39.1 Å². The first-order valence-corrected chi connectivity index (χ1v) is 12.4. The summed E-state index contributed by atoms with van der Waals surface area (Å²) >= 11 is 6.29. The SMILES string of the molecule is Cl.Cn1c(-c2cn([C@H]3CC3(F)F)nc2C(F)(F)F)cnc1C(=O)Nc1ccc(C(=O)N[C@@H]2[C@@H]3CNC[C@@H]32)c(Cl)c1. The van der Waals surface area contributed by atoms with Gasteiger partial charge in [-0.25, -0.2) is 13.8 Å². The lowest BCUT2D eigenvalue weighted by atomic mass is 10.2. The molecule has 1 aliphatic heterocycles. The molecule has 0 spiro atoms. The molecule has 0 bridgehead atoms. The Bertz CT molecular complexity index is 1500. The molecule has 2 aromatic heterocycles. The van der Waals surface area contributed by atoms with Gasteiger partial charge in [-0.05, 0) is 30.0 Å². The maximum Gasteiger partial charge on any atom is 0.435 e. The molecule has 0 radical (unpaired) electrons. The quantitative estimate of drug-likeness (QED) is 0.366. The second-order valence-electron chi connectivity index (χ2n) is 10.0. The first kappa shape index (κ1) is 28.3. The molecule has 40 heavy (non-hydrogen) atoms. The Labute approximate surface area is 234 Å². The Hall–Kier alpha value is -3.23. The van der Waals surface area contributed by atoms with E-state index in [1.165, 1.54) is 25.2 Å². The summed E-state index contributed by atoms with van der Waals surface area (Å²) in [5, 5.41) is 12.2. The number of rotatable bonds is 6. The highest BCUT2D eigenvalue weighted by molar-refractivity contribution is 6.34. The van der Waals surface area contributed by atoms with Crippen molar-refractivity contribution in [3.8, 4) is 11.3 Å². The third-order valence-corrected chi connectivity index (χ3v) is 7.75. The van der Waals surface area contributed by atoms with Gasteiger partial charge in [-0.1, -0.05) is 11.6 Å². The van der Waals surface area contributed by atoms with Gasteiger partial charge in [-0.15, -0.1) is 12.4 Å². The molecule has 16 heteroatoms. The zero-order valence-corrected chi connectivity index (χ0v) is 22.2. The van der Waals surface area contributed by atoms with E-state index in [0.29, 0.717) is 16.5 Å². The molecule has 214 valence electrons. The number of nitrogens with one attached hydrogen (secondary N) is 3. The molecule has 4 atom stereocenters. The number of anilines is 1. The lowest BCUT2D eigenvalue weighted by Gasteiger charge is -2.11. The highest BCUT2D eigenvalue weighted by atomic mass is 35.5. The maximum absolute atomic E-state index is 13.7. The van der Waals surface area contributed by atoms with E-state index in [0.717, 1.165) is 30.1 Å². The Balaban J connectivity index is 0.00000323. The second kappa shape index (κ2) is 9.70. The van der Waals surface area contributed by atoms with Gasteiger partial charge in [0, 0.05) is 44.5 Å². The van der Waals surface area contributed by atoms with Gasteiger partial charge in [0.05, 0.1) is 28.0 Å². The van der Waals surface area contributed by atoms with Gasteiger partial charge in [0.15, 0.2) is 11.5 Å². The van der Waals surface area contributed by atoms with Crippen molar-refractivity contribution in [1.29, 1.82) is 0 Å². The summed E-state index contributed by atoms with van der Waals surface area (Å²) in [7, 11) is 1.32. The fourth-order valence-corrected chi connectivity index (χ4v) is 5.40.